The molecular formula is C17H23N5O3S. The number of methoxy groups -OCH3 is 1. The molecule has 2 N–H and O–H groups in total. The molecule has 8 nitrogen and oxygen atoms in total. The summed E-state index contributed by atoms with van der Waals surface area (Å²) >= 11 is 1.31. The molecule has 0 spiro atoms. The Hall–Kier alpha value is -1.94. The molecule has 2 aromatic rings. The van der Waals surface area contributed by atoms with Gasteiger partial charge in [0.2, 0.25) is 11.0 Å². The summed E-state index contributed by atoms with van der Waals surface area (Å²) in [7, 11) is 1.59. The molecule has 1 unspecified atom stereocenters. The molecule has 3 rings (SSSR count). The number of carbonyl (C=O) groups is 1. The maximum atomic E-state index is 12.2. The Morgan fingerprint density at radius 2 is 2.23 bits per heavy atom. The second kappa shape index (κ2) is 9.13. The molecule has 0 saturated carbocycles. The Bertz CT molecular complexity index is 703. The van der Waals surface area contributed by atoms with Crippen LogP contribution in [0.5, 0.6) is 0 Å². The van der Waals surface area contributed by atoms with Gasteiger partial charge in [0.05, 0.1) is 18.3 Å². The van der Waals surface area contributed by atoms with Gasteiger partial charge in [-0.3, -0.25) is 20.0 Å². The third-order valence-electron chi connectivity index (χ3n) is 4.42. The van der Waals surface area contributed by atoms with Crippen LogP contribution in [0.25, 0.3) is 0 Å². The monoisotopic (exact) mass is 377 g/mol. The first-order valence-corrected chi connectivity index (χ1v) is 9.40. The highest BCUT2D eigenvalue weighted by molar-refractivity contribution is 7.15. The van der Waals surface area contributed by atoms with Gasteiger partial charge in [0.25, 0.3) is 0 Å². The lowest BCUT2D eigenvalue weighted by atomic mass is 9.89. The van der Waals surface area contributed by atoms with E-state index in [0.29, 0.717) is 24.0 Å². The highest BCUT2D eigenvalue weighted by Gasteiger charge is 2.27. The fourth-order valence-corrected chi connectivity index (χ4v) is 3.80. The van der Waals surface area contributed by atoms with Gasteiger partial charge in [-0.15, -0.1) is 10.2 Å². The smallest absolute Gasteiger partial charge is 0.240 e. The Balaban J connectivity index is 1.44. The number of hydrogen-bond donors (Lipinski definition) is 2. The van der Waals surface area contributed by atoms with E-state index in [1.807, 2.05) is 18.2 Å². The topological polar surface area (TPSA) is 100 Å². The minimum Gasteiger partial charge on any atom is -0.387 e. The van der Waals surface area contributed by atoms with Gasteiger partial charge in [-0.2, -0.15) is 0 Å². The van der Waals surface area contributed by atoms with Crippen LogP contribution in [0, 0.1) is 5.92 Å². The molecule has 0 radical (unpaired) electrons. The van der Waals surface area contributed by atoms with Crippen LogP contribution in [0.4, 0.5) is 5.13 Å². The first-order chi connectivity index (χ1) is 12.7. The maximum absolute atomic E-state index is 12.2. The largest absolute Gasteiger partial charge is 0.387 e. The zero-order valence-electron chi connectivity index (χ0n) is 14.7. The van der Waals surface area contributed by atoms with Crippen molar-refractivity contribution < 1.29 is 14.6 Å². The summed E-state index contributed by atoms with van der Waals surface area (Å²) in [6.07, 6.45) is 2.82. The van der Waals surface area contributed by atoms with Gasteiger partial charge >= 0.3 is 0 Å². The van der Waals surface area contributed by atoms with E-state index in [-0.39, 0.29) is 11.8 Å². The molecule has 1 fully saturated rings. The van der Waals surface area contributed by atoms with Crippen LogP contribution in [0.1, 0.15) is 29.6 Å². The molecule has 9 heteroatoms. The summed E-state index contributed by atoms with van der Waals surface area (Å²) in [5.74, 6) is 0.0674. The number of hydrogen-bond acceptors (Lipinski definition) is 8. The zero-order valence-corrected chi connectivity index (χ0v) is 15.5. The fraction of sp³-hybridized carbons (Fsp3) is 0.529. The minimum absolute atomic E-state index is 0.103. The molecule has 0 aliphatic carbocycles. The van der Waals surface area contributed by atoms with Crippen LogP contribution in [0.15, 0.2) is 24.4 Å². The molecule has 0 aromatic carbocycles. The maximum Gasteiger partial charge on any atom is 0.240 e. The second-order valence-electron chi connectivity index (χ2n) is 6.30. The van der Waals surface area contributed by atoms with Crippen molar-refractivity contribution in [3.05, 3.63) is 35.1 Å². The molecule has 0 bridgehead atoms. The van der Waals surface area contributed by atoms with Crippen molar-refractivity contribution in [2.24, 2.45) is 5.92 Å². The van der Waals surface area contributed by atoms with E-state index >= 15 is 0 Å². The molecular weight excluding hydrogens is 354 g/mol. The van der Waals surface area contributed by atoms with Crippen molar-refractivity contribution in [1.29, 1.82) is 0 Å². The summed E-state index contributed by atoms with van der Waals surface area (Å²) in [6, 6.07) is 5.58. The number of ether oxygens (including phenoxy) is 1. The Morgan fingerprint density at radius 1 is 1.42 bits per heavy atom. The fourth-order valence-electron chi connectivity index (χ4n) is 3.07. The summed E-state index contributed by atoms with van der Waals surface area (Å²) in [4.78, 5) is 18.5. The Labute approximate surface area is 156 Å². The van der Waals surface area contributed by atoms with Crippen molar-refractivity contribution >= 4 is 22.4 Å². The van der Waals surface area contributed by atoms with Gasteiger partial charge < -0.3 is 9.84 Å². The number of aliphatic hydroxyl groups is 1. The van der Waals surface area contributed by atoms with Crippen molar-refractivity contribution in [3.8, 4) is 0 Å². The Morgan fingerprint density at radius 3 is 2.92 bits per heavy atom. The third kappa shape index (κ3) is 5.04. The summed E-state index contributed by atoms with van der Waals surface area (Å²) in [5, 5.41) is 22.3. The number of nitrogens with zero attached hydrogens (tertiary/aromatic N) is 4. The van der Waals surface area contributed by atoms with Gasteiger partial charge in [-0.1, -0.05) is 17.4 Å². The normalized spacial score (nSPS) is 17.2. The van der Waals surface area contributed by atoms with Crippen LogP contribution in [0.2, 0.25) is 0 Å². The number of nitrogens with one attached hydrogen (secondary N) is 1. The lowest BCUT2D eigenvalue weighted by Gasteiger charge is -2.33. The molecule has 2 aromatic heterocycles. The van der Waals surface area contributed by atoms with Crippen LogP contribution in [-0.4, -0.2) is 57.8 Å². The number of aliphatic hydroxyl groups excluding tert-OH is 1. The first-order valence-electron chi connectivity index (χ1n) is 8.58. The van der Waals surface area contributed by atoms with E-state index in [1.54, 1.807) is 13.3 Å². The van der Waals surface area contributed by atoms with E-state index < -0.39 is 6.10 Å². The molecule has 1 saturated heterocycles. The number of aromatic nitrogens is 3. The van der Waals surface area contributed by atoms with Crippen molar-refractivity contribution in [3.63, 3.8) is 0 Å². The molecule has 1 aliphatic heterocycles. The van der Waals surface area contributed by atoms with Crippen LogP contribution < -0.4 is 5.32 Å². The average Bonchev–Trinajstić information content (AvgIpc) is 3.09. The van der Waals surface area contributed by atoms with Crippen LogP contribution in [0.3, 0.4) is 0 Å². The lowest BCUT2D eigenvalue weighted by molar-refractivity contribution is -0.117. The van der Waals surface area contributed by atoms with E-state index in [2.05, 4.69) is 25.4 Å². The average molecular weight is 377 g/mol. The van der Waals surface area contributed by atoms with Gasteiger partial charge in [-0.25, -0.2) is 0 Å². The van der Waals surface area contributed by atoms with E-state index in [1.165, 1.54) is 11.3 Å². The Kier molecular flexibility index (Phi) is 6.62. The molecule has 1 atom stereocenters. The number of anilines is 1. The quantitative estimate of drug-likeness (QED) is 0.753. The second-order valence-corrected chi connectivity index (χ2v) is 7.36. The van der Waals surface area contributed by atoms with Crippen molar-refractivity contribution in [2.45, 2.75) is 25.6 Å². The number of likely N-dealkylation sites (tertiary alicyclic amines) is 1. The van der Waals surface area contributed by atoms with Crippen molar-refractivity contribution in [2.75, 3.05) is 32.1 Å². The molecule has 3 heterocycles. The molecule has 26 heavy (non-hydrogen) atoms. The van der Waals surface area contributed by atoms with E-state index in [4.69, 9.17) is 4.74 Å². The van der Waals surface area contributed by atoms with Crippen LogP contribution >= 0.6 is 11.3 Å². The number of rotatable bonds is 7. The van der Waals surface area contributed by atoms with Gasteiger partial charge in [-0.05, 0) is 44.0 Å². The van der Waals surface area contributed by atoms with Gasteiger partial charge in [0.1, 0.15) is 11.6 Å². The standard InChI is InChI=1S/C17H23N5O3S/c1-25-11-15-20-21-17(26-15)19-14(23)10-22-8-5-12(6-9-22)16(24)13-4-2-3-7-18-13/h2-4,7,12,16,24H,5-6,8-11H2,1H3,(H,19,21,23). The lowest BCUT2D eigenvalue weighted by Crippen LogP contribution is -2.40. The van der Waals surface area contributed by atoms with Crippen LogP contribution in [-0.2, 0) is 16.1 Å². The highest BCUT2D eigenvalue weighted by Crippen LogP contribution is 2.29. The number of carbonyl (C=O) groups excluding carboxylic acids is 1. The number of pyridine rings is 1. The zero-order chi connectivity index (χ0) is 18.4. The van der Waals surface area contributed by atoms with E-state index in [9.17, 15) is 9.90 Å². The number of piperidine rings is 1. The van der Waals surface area contributed by atoms with E-state index in [0.717, 1.165) is 30.9 Å². The molecule has 1 aliphatic rings. The SMILES string of the molecule is COCc1nnc(NC(=O)CN2CCC(C(O)c3ccccn3)CC2)s1. The van der Waals surface area contributed by atoms with Gasteiger partial charge in [0, 0.05) is 13.3 Å². The summed E-state index contributed by atoms with van der Waals surface area (Å²) in [6.45, 7) is 2.24. The third-order valence-corrected chi connectivity index (χ3v) is 5.23. The molecule has 1 amide bonds. The van der Waals surface area contributed by atoms with Crippen molar-refractivity contribution in [1.82, 2.24) is 20.1 Å². The summed E-state index contributed by atoms with van der Waals surface area (Å²) in [5.41, 5.74) is 0.715. The summed E-state index contributed by atoms with van der Waals surface area (Å²) < 4.78 is 4.99. The first kappa shape index (κ1) is 18.8. The van der Waals surface area contributed by atoms with Gasteiger partial charge in [0.15, 0.2) is 0 Å². The number of amides is 1. The predicted molar refractivity (Wildman–Crippen MR) is 97.6 cm³/mol. The highest BCUT2D eigenvalue weighted by atomic mass is 32.1. The molecule has 140 valence electrons. The predicted octanol–water partition coefficient (Wildman–Crippen LogP) is 1.46. The minimum atomic E-state index is -0.548.